The number of rotatable bonds is 4. The second-order valence-electron chi connectivity index (χ2n) is 10.5. The van der Waals surface area contributed by atoms with Gasteiger partial charge >= 0.3 is 0 Å². The summed E-state index contributed by atoms with van der Waals surface area (Å²) in [7, 11) is 0. The minimum absolute atomic E-state index is 0.0239. The fourth-order valence-corrected chi connectivity index (χ4v) is 5.43. The molecule has 1 aromatic rings. The van der Waals surface area contributed by atoms with Gasteiger partial charge in [0, 0.05) is 24.2 Å². The molecule has 4 heterocycles. The number of amidine groups is 1. The number of halogens is 2. The molecule has 2 aliphatic carbocycles. The summed E-state index contributed by atoms with van der Waals surface area (Å²) in [5, 5.41) is 4.51. The van der Waals surface area contributed by atoms with Crippen molar-refractivity contribution in [3.8, 4) is 0 Å². The van der Waals surface area contributed by atoms with Crippen LogP contribution in [0.15, 0.2) is 32.4 Å². The van der Waals surface area contributed by atoms with E-state index in [1.807, 2.05) is 31.6 Å². The number of alkyl halides is 2. The van der Waals surface area contributed by atoms with Gasteiger partial charge in [0.05, 0.1) is 42.4 Å². The van der Waals surface area contributed by atoms with Crippen molar-refractivity contribution in [2.45, 2.75) is 76.6 Å². The lowest BCUT2D eigenvalue weighted by molar-refractivity contribution is -0.0226. The van der Waals surface area contributed by atoms with Crippen molar-refractivity contribution < 1.29 is 13.5 Å². The van der Waals surface area contributed by atoms with Crippen LogP contribution in [-0.2, 0) is 4.74 Å². The first-order chi connectivity index (χ1) is 16.3. The van der Waals surface area contributed by atoms with E-state index < -0.39 is 17.9 Å². The lowest BCUT2D eigenvalue weighted by Crippen LogP contribution is -2.58. The molecule has 2 unspecified atom stereocenters. The van der Waals surface area contributed by atoms with Crippen LogP contribution >= 0.6 is 0 Å². The predicted molar refractivity (Wildman–Crippen MR) is 126 cm³/mol. The summed E-state index contributed by atoms with van der Waals surface area (Å²) in [6.07, 6.45) is 4.86. The minimum Gasteiger partial charge on any atom is -0.370 e. The molecule has 1 aromatic heterocycles. The van der Waals surface area contributed by atoms with Gasteiger partial charge < -0.3 is 9.64 Å². The summed E-state index contributed by atoms with van der Waals surface area (Å²) < 4.78 is 34.7. The predicted octanol–water partition coefficient (Wildman–Crippen LogP) is 3.71. The van der Waals surface area contributed by atoms with Crippen LogP contribution in [0.1, 0.15) is 64.2 Å². The van der Waals surface area contributed by atoms with Crippen LogP contribution in [0.5, 0.6) is 0 Å². The number of morpholine rings is 1. The molecule has 3 aliphatic heterocycles. The molecule has 34 heavy (non-hydrogen) atoms. The molecule has 3 atom stereocenters. The number of hydrogen-bond donors (Lipinski definition) is 0. The van der Waals surface area contributed by atoms with Gasteiger partial charge in [-0.05, 0) is 52.4 Å². The number of aliphatic imine (C=N–C) groups is 4. The molecule has 2 saturated carbocycles. The number of fused-ring (bicyclic) bond motifs is 1. The van der Waals surface area contributed by atoms with E-state index in [1.165, 1.54) is 12.8 Å². The van der Waals surface area contributed by atoms with Gasteiger partial charge in [0.15, 0.2) is 5.84 Å². The van der Waals surface area contributed by atoms with Crippen LogP contribution in [0.25, 0.3) is 0 Å². The number of nitrogens with zero attached hydrogens (tertiary/aromatic N) is 7. The Kier molecular flexibility index (Phi) is 5.20. The zero-order valence-corrected chi connectivity index (χ0v) is 19.9. The molecule has 1 saturated heterocycles. The van der Waals surface area contributed by atoms with Gasteiger partial charge in [-0.1, -0.05) is 0 Å². The zero-order chi connectivity index (χ0) is 23.6. The summed E-state index contributed by atoms with van der Waals surface area (Å²) in [6, 6.07) is 0.188. The highest BCUT2D eigenvalue weighted by atomic mass is 19.3. The molecule has 0 bridgehead atoms. The third kappa shape index (κ3) is 3.70. The smallest absolute Gasteiger partial charge is 0.241 e. The third-order valence-electron chi connectivity index (χ3n) is 8.10. The standard InChI is InChI=1S/C24H31F2N7O/c1-13-14(2)29-22-20(28-13)24(3,17-8-15(9-17)21(25)26)31-23(30-22)32-6-7-34-19(12-32)16-10-27-33(11-16)18-4-5-18/h10-11,15,17-21H,4-9,12H2,1-3H3/t15?,17?,19-,20?,24?/m1/s1. The fourth-order valence-electron chi connectivity index (χ4n) is 5.43. The molecule has 6 rings (SSSR count). The summed E-state index contributed by atoms with van der Waals surface area (Å²) in [5.41, 5.74) is 2.11. The van der Waals surface area contributed by atoms with E-state index in [-0.39, 0.29) is 18.1 Å². The molecule has 3 fully saturated rings. The van der Waals surface area contributed by atoms with Crippen molar-refractivity contribution in [1.29, 1.82) is 0 Å². The molecule has 10 heteroatoms. The van der Waals surface area contributed by atoms with Gasteiger partial charge in [-0.15, -0.1) is 0 Å². The lowest BCUT2D eigenvalue weighted by Gasteiger charge is -2.49. The van der Waals surface area contributed by atoms with Gasteiger partial charge in [0.1, 0.15) is 12.1 Å². The van der Waals surface area contributed by atoms with Crippen LogP contribution < -0.4 is 0 Å². The summed E-state index contributed by atoms with van der Waals surface area (Å²) in [4.78, 5) is 21.8. The quantitative estimate of drug-likeness (QED) is 0.672. The van der Waals surface area contributed by atoms with Crippen LogP contribution in [0, 0.1) is 11.8 Å². The summed E-state index contributed by atoms with van der Waals surface area (Å²) in [6.45, 7) is 7.75. The van der Waals surface area contributed by atoms with E-state index >= 15 is 0 Å². The molecule has 0 aromatic carbocycles. The van der Waals surface area contributed by atoms with E-state index in [2.05, 4.69) is 16.2 Å². The maximum atomic E-state index is 13.3. The highest BCUT2D eigenvalue weighted by Crippen LogP contribution is 2.49. The summed E-state index contributed by atoms with van der Waals surface area (Å²) >= 11 is 0. The molecule has 182 valence electrons. The van der Waals surface area contributed by atoms with E-state index in [4.69, 9.17) is 24.7 Å². The van der Waals surface area contributed by atoms with E-state index in [1.54, 1.807) is 0 Å². The highest BCUT2D eigenvalue weighted by Gasteiger charge is 2.54. The molecule has 8 nitrogen and oxygen atoms in total. The Balaban J connectivity index is 1.29. The van der Waals surface area contributed by atoms with Crippen LogP contribution in [0.2, 0.25) is 0 Å². The van der Waals surface area contributed by atoms with Crippen LogP contribution in [-0.4, -0.2) is 75.6 Å². The summed E-state index contributed by atoms with van der Waals surface area (Å²) in [5.74, 6) is 0.720. The first kappa shape index (κ1) is 22.0. The number of aromatic nitrogens is 2. The van der Waals surface area contributed by atoms with E-state index in [0.29, 0.717) is 50.4 Å². The van der Waals surface area contributed by atoms with Crippen LogP contribution in [0.4, 0.5) is 8.78 Å². The Morgan fingerprint density at radius 1 is 1.15 bits per heavy atom. The van der Waals surface area contributed by atoms with Gasteiger partial charge in [-0.25, -0.2) is 18.8 Å². The van der Waals surface area contributed by atoms with Crippen molar-refractivity contribution >= 4 is 23.2 Å². The monoisotopic (exact) mass is 471 g/mol. The second-order valence-corrected chi connectivity index (χ2v) is 10.5. The Labute approximate surface area is 197 Å². The van der Waals surface area contributed by atoms with Gasteiger partial charge in [0.25, 0.3) is 0 Å². The van der Waals surface area contributed by atoms with Crippen molar-refractivity contribution in [2.75, 3.05) is 19.7 Å². The Morgan fingerprint density at radius 3 is 2.68 bits per heavy atom. The normalized spacial score (nSPS) is 35.8. The molecule has 0 amide bonds. The lowest BCUT2D eigenvalue weighted by atomic mass is 9.62. The Hall–Kier alpha value is -2.49. The van der Waals surface area contributed by atoms with Gasteiger partial charge in [-0.2, -0.15) is 10.1 Å². The highest BCUT2D eigenvalue weighted by molar-refractivity contribution is 6.44. The first-order valence-corrected chi connectivity index (χ1v) is 12.3. The molecule has 0 radical (unpaired) electrons. The zero-order valence-electron chi connectivity index (χ0n) is 19.9. The molecular weight excluding hydrogens is 440 g/mol. The minimum atomic E-state index is -2.28. The Bertz CT molecular complexity index is 1100. The average molecular weight is 472 g/mol. The van der Waals surface area contributed by atoms with Crippen molar-refractivity contribution in [3.63, 3.8) is 0 Å². The number of ether oxygens (including phenoxy) is 1. The third-order valence-corrected chi connectivity index (χ3v) is 8.10. The first-order valence-electron chi connectivity index (χ1n) is 12.3. The van der Waals surface area contributed by atoms with Gasteiger partial charge in [-0.3, -0.25) is 9.67 Å². The largest absolute Gasteiger partial charge is 0.370 e. The maximum absolute atomic E-state index is 13.3. The number of hydrogen-bond acceptors (Lipinski definition) is 7. The molecular formula is C24H31F2N7O. The molecule has 5 aliphatic rings. The maximum Gasteiger partial charge on any atom is 0.241 e. The molecule has 0 spiro atoms. The Morgan fingerprint density at radius 2 is 1.94 bits per heavy atom. The van der Waals surface area contributed by atoms with E-state index in [0.717, 1.165) is 17.0 Å². The van der Waals surface area contributed by atoms with Crippen molar-refractivity contribution in [1.82, 2.24) is 14.7 Å². The van der Waals surface area contributed by atoms with Crippen LogP contribution in [0.3, 0.4) is 0 Å². The van der Waals surface area contributed by atoms with E-state index in [9.17, 15) is 8.78 Å². The van der Waals surface area contributed by atoms with Crippen molar-refractivity contribution in [3.05, 3.63) is 18.0 Å². The number of guanidine groups is 1. The van der Waals surface area contributed by atoms with Gasteiger partial charge in [0.2, 0.25) is 12.4 Å². The van der Waals surface area contributed by atoms with Crippen molar-refractivity contribution in [2.24, 2.45) is 31.8 Å². The average Bonchev–Trinajstić information content (AvgIpc) is 3.50. The molecule has 0 N–H and O–H groups in total. The second kappa shape index (κ2) is 8.03. The topological polar surface area (TPSA) is 79.7 Å². The SMILES string of the molecule is CC1=NC2=NC(N3CCO[C@@H](c4cnn(C5CC5)c4)C3)=NC(C)(C3CC(C(F)F)C3)C2N=C1C. The fraction of sp³-hybridized carbons (Fsp3) is 0.708.